The number of carbonyl (C=O) groups excluding carboxylic acids is 1. The molecule has 8 heteroatoms. The van der Waals surface area contributed by atoms with Crippen molar-refractivity contribution in [3.8, 4) is 0 Å². The summed E-state index contributed by atoms with van der Waals surface area (Å²) >= 11 is 6.00. The molecule has 0 saturated heterocycles. The van der Waals surface area contributed by atoms with Crippen LogP contribution in [-0.2, 0) is 24.3 Å². The van der Waals surface area contributed by atoms with Crippen molar-refractivity contribution in [1.29, 1.82) is 0 Å². The van der Waals surface area contributed by atoms with Gasteiger partial charge in [-0.15, -0.1) is 0 Å². The van der Waals surface area contributed by atoms with Crippen LogP contribution in [0.2, 0.25) is 5.02 Å². The smallest absolute Gasteiger partial charge is 0.227 e. The summed E-state index contributed by atoms with van der Waals surface area (Å²) in [5.41, 5.74) is 1.79. The highest BCUT2D eigenvalue weighted by Gasteiger charge is 2.23. The Morgan fingerprint density at radius 3 is 2.88 bits per heavy atom. The fourth-order valence-corrected chi connectivity index (χ4v) is 3.13. The number of aliphatic hydroxyl groups is 2. The summed E-state index contributed by atoms with van der Waals surface area (Å²) in [5.74, 6) is -0.540. The number of hydrogen-bond acceptors (Lipinski definition) is 4. The highest BCUT2D eigenvalue weighted by atomic mass is 35.5. The van der Waals surface area contributed by atoms with Gasteiger partial charge in [0.1, 0.15) is 11.9 Å². The molecule has 3 rings (SSSR count). The Kier molecular flexibility index (Phi) is 5.36. The molecule has 1 aromatic heterocycles. The first kappa shape index (κ1) is 17.8. The van der Waals surface area contributed by atoms with Gasteiger partial charge in [-0.25, -0.2) is 4.39 Å². The molecule has 25 heavy (non-hydrogen) atoms. The number of nitrogens with zero attached hydrogens (tertiary/aromatic N) is 3. The van der Waals surface area contributed by atoms with Crippen LogP contribution >= 0.6 is 11.6 Å². The molecule has 2 aromatic rings. The Hall–Kier alpha value is -1.96. The van der Waals surface area contributed by atoms with Crippen molar-refractivity contribution in [2.45, 2.75) is 32.0 Å². The molecule has 0 saturated carbocycles. The van der Waals surface area contributed by atoms with E-state index in [-0.39, 0.29) is 17.4 Å². The van der Waals surface area contributed by atoms with Crippen LogP contribution in [0.5, 0.6) is 0 Å². The zero-order valence-corrected chi connectivity index (χ0v) is 14.3. The van der Waals surface area contributed by atoms with E-state index < -0.39 is 18.5 Å². The average molecular weight is 368 g/mol. The Morgan fingerprint density at radius 2 is 2.16 bits per heavy atom. The monoisotopic (exact) mass is 367 g/mol. The van der Waals surface area contributed by atoms with Crippen molar-refractivity contribution < 1.29 is 19.4 Å². The lowest BCUT2D eigenvalue weighted by Crippen LogP contribution is -2.32. The predicted molar refractivity (Wildman–Crippen MR) is 89.4 cm³/mol. The van der Waals surface area contributed by atoms with Gasteiger partial charge in [-0.1, -0.05) is 17.7 Å². The predicted octanol–water partition coefficient (Wildman–Crippen LogP) is 1.68. The molecule has 0 radical (unpaired) electrons. The van der Waals surface area contributed by atoms with Crippen LogP contribution in [0.3, 0.4) is 0 Å². The second kappa shape index (κ2) is 7.51. The lowest BCUT2D eigenvalue weighted by atomic mass is 10.1. The molecule has 6 nitrogen and oxygen atoms in total. The molecule has 134 valence electrons. The van der Waals surface area contributed by atoms with Crippen LogP contribution in [0.1, 0.15) is 29.5 Å². The molecule has 2 N–H and O–H groups in total. The van der Waals surface area contributed by atoms with Crippen molar-refractivity contribution in [2.24, 2.45) is 0 Å². The van der Waals surface area contributed by atoms with E-state index in [0.717, 1.165) is 12.1 Å². The van der Waals surface area contributed by atoms with E-state index in [4.69, 9.17) is 16.7 Å². The van der Waals surface area contributed by atoms with Gasteiger partial charge >= 0.3 is 0 Å². The second-order valence-corrected chi connectivity index (χ2v) is 6.47. The maximum Gasteiger partial charge on any atom is 0.227 e. The largest absolute Gasteiger partial charge is 0.393 e. The zero-order chi connectivity index (χ0) is 18.0. The maximum atomic E-state index is 13.1. The molecule has 1 amide bonds. The summed E-state index contributed by atoms with van der Waals surface area (Å²) < 4.78 is 14.9. The van der Waals surface area contributed by atoms with Gasteiger partial charge in [0.2, 0.25) is 5.91 Å². The third kappa shape index (κ3) is 4.00. The normalized spacial score (nSPS) is 15.6. The number of rotatable bonds is 4. The highest BCUT2D eigenvalue weighted by Crippen LogP contribution is 2.21. The average Bonchev–Trinajstić information content (AvgIpc) is 2.88. The molecule has 1 aliphatic heterocycles. The van der Waals surface area contributed by atoms with Crippen molar-refractivity contribution >= 4 is 17.5 Å². The highest BCUT2D eigenvalue weighted by molar-refractivity contribution is 6.31. The third-order valence-electron chi connectivity index (χ3n) is 4.26. The van der Waals surface area contributed by atoms with Crippen LogP contribution in [0, 0.1) is 5.82 Å². The number of benzene rings is 1. The summed E-state index contributed by atoms with van der Waals surface area (Å²) in [6.07, 6.45) is -0.201. The molecular weight excluding hydrogens is 349 g/mol. The quantitative estimate of drug-likeness (QED) is 0.861. The fourth-order valence-electron chi connectivity index (χ4n) is 2.89. The first-order valence-electron chi connectivity index (χ1n) is 8.05. The number of halogens is 2. The fraction of sp³-hybridized carbons (Fsp3) is 0.412. The third-order valence-corrected chi connectivity index (χ3v) is 4.61. The summed E-state index contributed by atoms with van der Waals surface area (Å²) in [7, 11) is 0. The molecule has 2 heterocycles. The molecule has 0 bridgehead atoms. The molecular formula is C17H19ClFN3O3. The zero-order valence-electron chi connectivity index (χ0n) is 13.5. The summed E-state index contributed by atoms with van der Waals surface area (Å²) in [5, 5.41) is 23.3. The van der Waals surface area contributed by atoms with Crippen molar-refractivity contribution in [3.63, 3.8) is 0 Å². The Morgan fingerprint density at radius 1 is 1.36 bits per heavy atom. The summed E-state index contributed by atoms with van der Waals surface area (Å²) in [6.45, 7) is 1.18. The molecule has 0 fully saturated rings. The van der Waals surface area contributed by atoms with Gasteiger partial charge in [-0.05, 0) is 30.2 Å². The summed E-state index contributed by atoms with van der Waals surface area (Å²) in [4.78, 5) is 14.3. The van der Waals surface area contributed by atoms with Crippen molar-refractivity contribution in [1.82, 2.24) is 14.7 Å². The van der Waals surface area contributed by atoms with E-state index in [9.17, 15) is 14.3 Å². The van der Waals surface area contributed by atoms with Gasteiger partial charge < -0.3 is 15.1 Å². The van der Waals surface area contributed by atoms with Gasteiger partial charge in [-0.3, -0.25) is 9.48 Å². The lowest BCUT2D eigenvalue weighted by molar-refractivity contribution is -0.131. The minimum Gasteiger partial charge on any atom is -0.393 e. The number of amides is 1. The van der Waals surface area contributed by atoms with Crippen molar-refractivity contribution in [3.05, 3.63) is 52.1 Å². The number of aromatic nitrogens is 2. The van der Waals surface area contributed by atoms with Gasteiger partial charge in [-0.2, -0.15) is 5.10 Å². The van der Waals surface area contributed by atoms with Crippen LogP contribution < -0.4 is 0 Å². The van der Waals surface area contributed by atoms with Crippen LogP contribution in [0.15, 0.2) is 24.3 Å². The SMILES string of the molecule is O=C(Cc1ccc(F)cc1Cl)N1CCCn2nc(C(O)CO)cc2C1. The molecule has 1 atom stereocenters. The van der Waals surface area contributed by atoms with E-state index in [1.165, 1.54) is 18.2 Å². The minimum atomic E-state index is -1.03. The topological polar surface area (TPSA) is 78.6 Å². The van der Waals surface area contributed by atoms with Crippen LogP contribution in [-0.4, -0.2) is 44.0 Å². The molecule has 1 aliphatic rings. The number of aliphatic hydroxyl groups excluding tert-OH is 2. The molecule has 1 unspecified atom stereocenters. The van der Waals surface area contributed by atoms with E-state index in [1.54, 1.807) is 15.6 Å². The Labute approximate surface area is 149 Å². The van der Waals surface area contributed by atoms with Gasteiger partial charge in [0.05, 0.1) is 31.0 Å². The minimum absolute atomic E-state index is 0.0966. The first-order valence-corrected chi connectivity index (χ1v) is 8.43. The van der Waals surface area contributed by atoms with E-state index in [0.29, 0.717) is 30.9 Å². The van der Waals surface area contributed by atoms with Gasteiger partial charge in [0, 0.05) is 18.1 Å². The van der Waals surface area contributed by atoms with Crippen molar-refractivity contribution in [2.75, 3.05) is 13.2 Å². The second-order valence-electron chi connectivity index (χ2n) is 6.06. The molecule has 1 aromatic carbocycles. The maximum absolute atomic E-state index is 13.1. The standard InChI is InChI=1S/C17H19ClFN3O3/c18-14-7-12(19)3-2-11(14)6-17(25)21-4-1-5-22-13(9-21)8-15(20-22)16(24)10-23/h2-3,7-8,16,23-24H,1,4-6,9-10H2. The Bertz CT molecular complexity index is 780. The number of carbonyl (C=O) groups is 1. The molecule has 0 spiro atoms. The van der Waals surface area contributed by atoms with Gasteiger partial charge in [0.25, 0.3) is 0 Å². The molecule has 0 aliphatic carbocycles. The first-order chi connectivity index (χ1) is 12.0. The number of fused-ring (bicyclic) bond motifs is 1. The van der Waals surface area contributed by atoms with Gasteiger partial charge in [0.15, 0.2) is 0 Å². The van der Waals surface area contributed by atoms with E-state index >= 15 is 0 Å². The lowest BCUT2D eigenvalue weighted by Gasteiger charge is -2.20. The summed E-state index contributed by atoms with van der Waals surface area (Å²) in [6, 6.07) is 5.71. The van der Waals surface area contributed by atoms with E-state index in [2.05, 4.69) is 5.10 Å². The van der Waals surface area contributed by atoms with Crippen LogP contribution in [0.4, 0.5) is 4.39 Å². The van der Waals surface area contributed by atoms with Crippen LogP contribution in [0.25, 0.3) is 0 Å². The van der Waals surface area contributed by atoms with E-state index in [1.807, 2.05) is 0 Å². The number of hydrogen-bond donors (Lipinski definition) is 2. The number of aryl methyl sites for hydroxylation is 1. The Balaban J connectivity index is 1.74.